The number of benzene rings is 2. The van der Waals surface area contributed by atoms with Crippen molar-refractivity contribution in [3.63, 3.8) is 0 Å². The predicted octanol–water partition coefficient (Wildman–Crippen LogP) is 2.74. The Morgan fingerprint density at radius 1 is 1.20 bits per heavy atom. The zero-order valence-corrected chi connectivity index (χ0v) is 17.3. The van der Waals surface area contributed by atoms with Gasteiger partial charge in [-0.05, 0) is 43.7 Å². The molecule has 9 heteroatoms. The van der Waals surface area contributed by atoms with Crippen LogP contribution < -0.4 is 15.5 Å². The Labute approximate surface area is 175 Å². The first kappa shape index (κ1) is 22.7. The average molecular weight is 414 g/mol. The number of hydrogen-bond donors (Lipinski definition) is 2. The van der Waals surface area contributed by atoms with E-state index in [4.69, 9.17) is 4.74 Å². The zero-order valence-electron chi connectivity index (χ0n) is 17.3. The van der Waals surface area contributed by atoms with Crippen LogP contribution in [0.4, 0.5) is 17.1 Å². The highest BCUT2D eigenvalue weighted by Crippen LogP contribution is 2.25. The molecule has 0 heterocycles. The van der Waals surface area contributed by atoms with Crippen molar-refractivity contribution in [2.75, 3.05) is 43.5 Å². The number of carbonyl (C=O) groups is 2. The number of likely N-dealkylation sites (N-methyl/N-ethyl adjacent to an activating group) is 1. The van der Waals surface area contributed by atoms with E-state index in [1.54, 1.807) is 7.05 Å². The van der Waals surface area contributed by atoms with Crippen molar-refractivity contribution in [1.29, 1.82) is 0 Å². The summed E-state index contributed by atoms with van der Waals surface area (Å²) in [5.41, 5.74) is 2.27. The van der Waals surface area contributed by atoms with E-state index in [2.05, 4.69) is 21.6 Å². The van der Waals surface area contributed by atoms with Gasteiger partial charge in [-0.15, -0.1) is 0 Å². The van der Waals surface area contributed by atoms with E-state index in [1.807, 2.05) is 32.0 Å². The van der Waals surface area contributed by atoms with Gasteiger partial charge in [0.05, 0.1) is 10.5 Å². The van der Waals surface area contributed by atoms with Gasteiger partial charge in [0.2, 0.25) is 0 Å². The van der Waals surface area contributed by atoms with Crippen molar-refractivity contribution in [3.05, 3.63) is 63.7 Å². The third kappa shape index (κ3) is 6.20. The molecule has 0 unspecified atom stereocenters. The molecule has 160 valence electrons. The number of nitrogens with one attached hydrogen (secondary N) is 2. The maximum Gasteiger partial charge on any atom is 0.338 e. The summed E-state index contributed by atoms with van der Waals surface area (Å²) in [5, 5.41) is 16.5. The number of aryl methyl sites for hydroxylation is 1. The molecule has 0 bridgehead atoms. The van der Waals surface area contributed by atoms with Crippen LogP contribution in [0.15, 0.2) is 42.5 Å². The Bertz CT molecular complexity index is 916. The molecule has 0 saturated carbocycles. The number of carbonyl (C=O) groups excluding carboxylic acids is 2. The fourth-order valence-electron chi connectivity index (χ4n) is 2.91. The molecule has 0 saturated heterocycles. The minimum Gasteiger partial charge on any atom is -0.452 e. The molecule has 1 amide bonds. The second-order valence-corrected chi connectivity index (χ2v) is 6.58. The minimum atomic E-state index is -0.800. The van der Waals surface area contributed by atoms with Gasteiger partial charge in [0.25, 0.3) is 11.6 Å². The van der Waals surface area contributed by atoms with E-state index < -0.39 is 23.4 Å². The molecule has 0 spiro atoms. The summed E-state index contributed by atoms with van der Waals surface area (Å²) in [7, 11) is 1.54. The molecule has 0 radical (unpaired) electrons. The topological polar surface area (TPSA) is 114 Å². The fraction of sp³-hybridized carbons (Fsp3) is 0.333. The molecule has 0 aliphatic heterocycles. The van der Waals surface area contributed by atoms with Crippen LogP contribution in [0.25, 0.3) is 0 Å². The quantitative estimate of drug-likeness (QED) is 0.349. The Kier molecular flexibility index (Phi) is 8.16. The van der Waals surface area contributed by atoms with Crippen LogP contribution in [0.5, 0.6) is 0 Å². The summed E-state index contributed by atoms with van der Waals surface area (Å²) >= 11 is 0. The molecule has 2 rings (SSSR count). The number of esters is 1. The van der Waals surface area contributed by atoms with E-state index in [1.165, 1.54) is 12.1 Å². The van der Waals surface area contributed by atoms with Gasteiger partial charge in [-0.1, -0.05) is 12.1 Å². The summed E-state index contributed by atoms with van der Waals surface area (Å²) in [6, 6.07) is 12.0. The molecule has 2 aromatic rings. The number of nitrogens with zero attached hydrogens (tertiary/aromatic N) is 2. The second kappa shape index (κ2) is 10.8. The van der Waals surface area contributed by atoms with Crippen LogP contribution >= 0.6 is 0 Å². The van der Waals surface area contributed by atoms with Crippen LogP contribution in [0, 0.1) is 17.0 Å². The lowest BCUT2D eigenvalue weighted by Crippen LogP contribution is -2.36. The number of nitro groups is 1. The van der Waals surface area contributed by atoms with Gasteiger partial charge in [-0.25, -0.2) is 4.79 Å². The van der Waals surface area contributed by atoms with Gasteiger partial charge < -0.3 is 20.3 Å². The molecular weight excluding hydrogens is 388 g/mol. The first-order valence-electron chi connectivity index (χ1n) is 9.57. The van der Waals surface area contributed by atoms with Crippen molar-refractivity contribution in [2.24, 2.45) is 0 Å². The molecule has 0 aliphatic rings. The molecule has 2 aromatic carbocycles. The number of rotatable bonds is 10. The molecule has 0 atom stereocenters. The molecule has 0 aromatic heterocycles. The van der Waals surface area contributed by atoms with Gasteiger partial charge in [0, 0.05) is 38.4 Å². The first-order chi connectivity index (χ1) is 14.3. The second-order valence-electron chi connectivity index (χ2n) is 6.58. The standard InChI is InChI=1S/C21H26N4O5/c1-4-24(17-7-5-6-15(2)12-17)11-10-23-20(26)14-30-21(27)16-8-9-18(22-3)19(13-16)25(28)29/h5-9,12-13,22H,4,10-11,14H2,1-3H3,(H,23,26). The van der Waals surface area contributed by atoms with Crippen LogP contribution in [-0.2, 0) is 9.53 Å². The van der Waals surface area contributed by atoms with Gasteiger partial charge >= 0.3 is 5.97 Å². The first-order valence-corrected chi connectivity index (χ1v) is 9.57. The van der Waals surface area contributed by atoms with E-state index in [0.29, 0.717) is 13.1 Å². The largest absolute Gasteiger partial charge is 0.452 e. The van der Waals surface area contributed by atoms with Crippen molar-refractivity contribution < 1.29 is 19.2 Å². The summed E-state index contributed by atoms with van der Waals surface area (Å²) in [6.45, 7) is 5.38. The lowest BCUT2D eigenvalue weighted by Gasteiger charge is -2.23. The highest BCUT2D eigenvalue weighted by atomic mass is 16.6. The third-order valence-electron chi connectivity index (χ3n) is 4.49. The van der Waals surface area contributed by atoms with Crippen molar-refractivity contribution in [1.82, 2.24) is 5.32 Å². The van der Waals surface area contributed by atoms with E-state index in [-0.39, 0.29) is 16.9 Å². The molecule has 0 aliphatic carbocycles. The van der Waals surface area contributed by atoms with Crippen LogP contribution in [-0.4, -0.2) is 50.1 Å². The monoisotopic (exact) mass is 414 g/mol. The van der Waals surface area contributed by atoms with Crippen LogP contribution in [0.2, 0.25) is 0 Å². The summed E-state index contributed by atoms with van der Waals surface area (Å²) in [5.74, 6) is -1.24. The maximum atomic E-state index is 12.1. The van der Waals surface area contributed by atoms with Crippen molar-refractivity contribution in [3.8, 4) is 0 Å². The van der Waals surface area contributed by atoms with Crippen LogP contribution in [0.1, 0.15) is 22.8 Å². The lowest BCUT2D eigenvalue weighted by atomic mass is 10.1. The Morgan fingerprint density at radius 2 is 1.97 bits per heavy atom. The van der Waals surface area contributed by atoms with E-state index in [0.717, 1.165) is 23.9 Å². The number of amides is 1. The SMILES string of the molecule is CCN(CCNC(=O)COC(=O)c1ccc(NC)c([N+](=O)[O-])c1)c1cccc(C)c1. The van der Waals surface area contributed by atoms with Crippen molar-refractivity contribution in [2.45, 2.75) is 13.8 Å². The highest BCUT2D eigenvalue weighted by Gasteiger charge is 2.18. The molecule has 9 nitrogen and oxygen atoms in total. The Morgan fingerprint density at radius 3 is 2.60 bits per heavy atom. The summed E-state index contributed by atoms with van der Waals surface area (Å²) in [4.78, 5) is 36.7. The van der Waals surface area contributed by atoms with Crippen LogP contribution in [0.3, 0.4) is 0 Å². The molecule has 0 fully saturated rings. The number of ether oxygens (including phenoxy) is 1. The smallest absolute Gasteiger partial charge is 0.338 e. The molecule has 30 heavy (non-hydrogen) atoms. The molecule has 2 N–H and O–H groups in total. The fourth-order valence-corrected chi connectivity index (χ4v) is 2.91. The third-order valence-corrected chi connectivity index (χ3v) is 4.49. The zero-order chi connectivity index (χ0) is 22.1. The summed E-state index contributed by atoms with van der Waals surface area (Å²) in [6.07, 6.45) is 0. The van der Waals surface area contributed by atoms with Gasteiger partial charge in [0.15, 0.2) is 6.61 Å². The van der Waals surface area contributed by atoms with Gasteiger partial charge in [0.1, 0.15) is 5.69 Å². The number of anilines is 2. The number of nitro benzene ring substituents is 1. The Balaban J connectivity index is 1.83. The van der Waals surface area contributed by atoms with Gasteiger partial charge in [-0.3, -0.25) is 14.9 Å². The lowest BCUT2D eigenvalue weighted by molar-refractivity contribution is -0.384. The van der Waals surface area contributed by atoms with Crippen molar-refractivity contribution >= 4 is 28.9 Å². The molecular formula is C21H26N4O5. The average Bonchev–Trinajstić information content (AvgIpc) is 2.74. The highest BCUT2D eigenvalue weighted by molar-refractivity contribution is 5.93. The normalized spacial score (nSPS) is 10.2. The summed E-state index contributed by atoms with van der Waals surface area (Å²) < 4.78 is 4.97. The maximum absolute atomic E-state index is 12.1. The van der Waals surface area contributed by atoms with Gasteiger partial charge in [-0.2, -0.15) is 0 Å². The number of hydrogen-bond acceptors (Lipinski definition) is 7. The van der Waals surface area contributed by atoms with E-state index >= 15 is 0 Å². The van der Waals surface area contributed by atoms with E-state index in [9.17, 15) is 19.7 Å². The Hall–Kier alpha value is -3.62. The minimum absolute atomic E-state index is 0.00473. The predicted molar refractivity (Wildman–Crippen MR) is 115 cm³/mol.